The number of rotatable bonds is 6. The van der Waals surface area contributed by atoms with Crippen molar-refractivity contribution in [3.8, 4) is 10.6 Å². The van der Waals surface area contributed by atoms with Crippen LogP contribution in [0.2, 0.25) is 0 Å². The molecule has 4 aromatic rings. The van der Waals surface area contributed by atoms with Crippen molar-refractivity contribution < 1.29 is 27.2 Å². The molecule has 3 N–H and O–H groups in total. The SMILES string of the molecule is Cc1nc(-c2cccc3oc(Cc4cccc(C(F)(F)F)c4)cc23)sc1C(=O)NCC(N)=O. The standard InChI is InChI=1S/C23H18F3N3O3S/c1-12-20(21(31)28-11-19(27)30)33-22(29-12)16-6-3-7-18-17(16)10-15(32-18)9-13-4-2-5-14(8-13)23(24,25)26/h2-8,10H,9,11H2,1H3,(H2,27,30)(H,28,31). The number of carbonyl (C=O) groups excluding carboxylic acids is 2. The number of hydrogen-bond donors (Lipinski definition) is 2. The number of benzene rings is 2. The molecule has 0 saturated heterocycles. The molecule has 170 valence electrons. The van der Waals surface area contributed by atoms with Crippen LogP contribution in [0.1, 0.15) is 32.3 Å². The van der Waals surface area contributed by atoms with Gasteiger partial charge in [0, 0.05) is 17.4 Å². The van der Waals surface area contributed by atoms with Crippen LogP contribution in [-0.4, -0.2) is 23.3 Å². The predicted octanol–water partition coefficient (Wildman–Crippen LogP) is 4.69. The summed E-state index contributed by atoms with van der Waals surface area (Å²) in [6.07, 6.45) is -4.23. The van der Waals surface area contributed by atoms with E-state index in [2.05, 4.69) is 10.3 Å². The average Bonchev–Trinajstić information content (AvgIpc) is 3.34. The number of nitrogens with zero attached hydrogens (tertiary/aromatic N) is 1. The molecule has 0 atom stereocenters. The topological polar surface area (TPSA) is 98.2 Å². The van der Waals surface area contributed by atoms with Gasteiger partial charge in [0.15, 0.2) is 0 Å². The van der Waals surface area contributed by atoms with Gasteiger partial charge in [-0.15, -0.1) is 11.3 Å². The fourth-order valence-electron chi connectivity index (χ4n) is 3.42. The molecule has 6 nitrogen and oxygen atoms in total. The quantitative estimate of drug-likeness (QED) is 0.425. The van der Waals surface area contributed by atoms with Gasteiger partial charge in [-0.25, -0.2) is 4.98 Å². The number of thiazole rings is 1. The number of halogens is 3. The Kier molecular flexibility index (Phi) is 5.94. The minimum Gasteiger partial charge on any atom is -0.461 e. The smallest absolute Gasteiger partial charge is 0.416 e. The van der Waals surface area contributed by atoms with Gasteiger partial charge in [-0.1, -0.05) is 30.3 Å². The molecule has 0 unspecified atom stereocenters. The first-order valence-corrected chi connectivity index (χ1v) is 10.7. The highest BCUT2D eigenvalue weighted by Gasteiger charge is 2.30. The lowest BCUT2D eigenvalue weighted by molar-refractivity contribution is -0.137. The number of hydrogen-bond acceptors (Lipinski definition) is 5. The minimum absolute atomic E-state index is 0.190. The summed E-state index contributed by atoms with van der Waals surface area (Å²) in [5.74, 6) is -0.591. The van der Waals surface area contributed by atoms with Gasteiger partial charge in [0.2, 0.25) is 5.91 Å². The van der Waals surface area contributed by atoms with Gasteiger partial charge >= 0.3 is 6.18 Å². The van der Waals surface area contributed by atoms with E-state index in [1.165, 1.54) is 6.07 Å². The van der Waals surface area contributed by atoms with E-state index in [0.29, 0.717) is 32.5 Å². The summed E-state index contributed by atoms with van der Waals surface area (Å²) in [5.41, 5.74) is 6.62. The Morgan fingerprint density at radius 1 is 1.15 bits per heavy atom. The summed E-state index contributed by atoms with van der Waals surface area (Å²) >= 11 is 1.16. The summed E-state index contributed by atoms with van der Waals surface area (Å²) in [4.78, 5) is 28.1. The number of carbonyl (C=O) groups is 2. The number of nitrogens with two attached hydrogens (primary N) is 1. The fraction of sp³-hybridized carbons (Fsp3) is 0.174. The molecule has 0 bridgehead atoms. The lowest BCUT2D eigenvalue weighted by Crippen LogP contribution is -2.33. The van der Waals surface area contributed by atoms with Crippen molar-refractivity contribution in [1.82, 2.24) is 10.3 Å². The van der Waals surface area contributed by atoms with Gasteiger partial charge in [-0.3, -0.25) is 9.59 Å². The number of aromatic nitrogens is 1. The van der Waals surface area contributed by atoms with Crippen LogP contribution in [0.25, 0.3) is 21.5 Å². The van der Waals surface area contributed by atoms with Crippen molar-refractivity contribution in [1.29, 1.82) is 0 Å². The summed E-state index contributed by atoms with van der Waals surface area (Å²) < 4.78 is 44.9. The highest BCUT2D eigenvalue weighted by molar-refractivity contribution is 7.17. The molecule has 0 spiro atoms. The van der Waals surface area contributed by atoms with Crippen LogP contribution in [0, 0.1) is 6.92 Å². The highest BCUT2D eigenvalue weighted by atomic mass is 32.1. The summed E-state index contributed by atoms with van der Waals surface area (Å²) in [5, 5.41) is 3.76. The van der Waals surface area contributed by atoms with E-state index in [1.54, 1.807) is 31.2 Å². The first kappa shape index (κ1) is 22.5. The van der Waals surface area contributed by atoms with E-state index >= 15 is 0 Å². The van der Waals surface area contributed by atoms with Crippen LogP contribution in [0.3, 0.4) is 0 Å². The molecule has 0 aliphatic rings. The zero-order valence-electron chi connectivity index (χ0n) is 17.3. The van der Waals surface area contributed by atoms with Gasteiger partial charge in [0.05, 0.1) is 17.8 Å². The van der Waals surface area contributed by atoms with Crippen LogP contribution >= 0.6 is 11.3 Å². The first-order valence-electron chi connectivity index (χ1n) is 9.83. The molecule has 0 aliphatic heterocycles. The Morgan fingerprint density at radius 3 is 2.64 bits per heavy atom. The number of primary amides is 1. The van der Waals surface area contributed by atoms with Crippen molar-refractivity contribution in [2.75, 3.05) is 6.54 Å². The van der Waals surface area contributed by atoms with Crippen LogP contribution in [-0.2, 0) is 17.4 Å². The third-order valence-electron chi connectivity index (χ3n) is 4.90. The molecule has 2 amide bonds. The zero-order chi connectivity index (χ0) is 23.8. The van der Waals surface area contributed by atoms with E-state index in [1.807, 2.05) is 6.07 Å². The van der Waals surface area contributed by atoms with Crippen LogP contribution in [0.5, 0.6) is 0 Å². The van der Waals surface area contributed by atoms with Gasteiger partial charge < -0.3 is 15.5 Å². The Bertz CT molecular complexity index is 1360. The van der Waals surface area contributed by atoms with Crippen LogP contribution in [0.4, 0.5) is 13.2 Å². The van der Waals surface area contributed by atoms with Gasteiger partial charge in [0.25, 0.3) is 5.91 Å². The van der Waals surface area contributed by atoms with Crippen molar-refractivity contribution >= 4 is 34.1 Å². The maximum atomic E-state index is 13.0. The Labute approximate surface area is 190 Å². The van der Waals surface area contributed by atoms with Crippen LogP contribution < -0.4 is 11.1 Å². The van der Waals surface area contributed by atoms with E-state index in [4.69, 9.17) is 10.2 Å². The third-order valence-corrected chi connectivity index (χ3v) is 6.09. The molecule has 2 heterocycles. The second-order valence-electron chi connectivity index (χ2n) is 7.39. The fourth-order valence-corrected chi connectivity index (χ4v) is 4.44. The van der Waals surface area contributed by atoms with Gasteiger partial charge in [0.1, 0.15) is 21.2 Å². The molecular formula is C23H18F3N3O3S. The molecule has 0 saturated carbocycles. The number of furan rings is 1. The second-order valence-corrected chi connectivity index (χ2v) is 8.39. The first-order chi connectivity index (χ1) is 15.6. The molecule has 33 heavy (non-hydrogen) atoms. The number of amides is 2. The van der Waals surface area contributed by atoms with E-state index in [9.17, 15) is 22.8 Å². The van der Waals surface area contributed by atoms with Gasteiger partial charge in [-0.05, 0) is 30.7 Å². The molecule has 4 rings (SSSR count). The average molecular weight is 473 g/mol. The summed E-state index contributed by atoms with van der Waals surface area (Å²) in [6, 6.07) is 12.3. The monoisotopic (exact) mass is 473 g/mol. The van der Waals surface area contributed by atoms with Crippen molar-refractivity contribution in [3.63, 3.8) is 0 Å². The molecule has 10 heteroatoms. The molecule has 2 aromatic heterocycles. The van der Waals surface area contributed by atoms with Crippen molar-refractivity contribution in [3.05, 3.63) is 76.0 Å². The predicted molar refractivity (Wildman–Crippen MR) is 118 cm³/mol. The zero-order valence-corrected chi connectivity index (χ0v) is 18.1. The Balaban J connectivity index is 1.65. The number of alkyl halides is 3. The molecule has 2 aromatic carbocycles. The van der Waals surface area contributed by atoms with Gasteiger partial charge in [-0.2, -0.15) is 13.2 Å². The number of nitrogens with one attached hydrogen (secondary N) is 1. The number of aryl methyl sites for hydroxylation is 1. The second kappa shape index (κ2) is 8.70. The summed E-state index contributed by atoms with van der Waals surface area (Å²) in [7, 11) is 0. The summed E-state index contributed by atoms with van der Waals surface area (Å²) in [6.45, 7) is 1.41. The van der Waals surface area contributed by atoms with E-state index in [0.717, 1.165) is 34.4 Å². The third kappa shape index (κ3) is 4.90. The lowest BCUT2D eigenvalue weighted by Gasteiger charge is -2.07. The normalized spacial score (nSPS) is 11.6. The van der Waals surface area contributed by atoms with E-state index in [-0.39, 0.29) is 13.0 Å². The largest absolute Gasteiger partial charge is 0.461 e. The lowest BCUT2D eigenvalue weighted by atomic mass is 10.1. The maximum absolute atomic E-state index is 13.0. The molecular weight excluding hydrogens is 455 g/mol. The minimum atomic E-state index is -4.42. The highest BCUT2D eigenvalue weighted by Crippen LogP contribution is 2.36. The Hall–Kier alpha value is -3.66. The van der Waals surface area contributed by atoms with Crippen molar-refractivity contribution in [2.45, 2.75) is 19.5 Å². The van der Waals surface area contributed by atoms with Crippen LogP contribution in [0.15, 0.2) is 52.9 Å². The van der Waals surface area contributed by atoms with E-state index < -0.39 is 23.6 Å². The maximum Gasteiger partial charge on any atom is 0.416 e. The Morgan fingerprint density at radius 2 is 1.91 bits per heavy atom. The molecule has 0 fully saturated rings. The number of fused-ring (bicyclic) bond motifs is 1. The molecule has 0 radical (unpaired) electrons. The molecule has 0 aliphatic carbocycles. The van der Waals surface area contributed by atoms with Crippen molar-refractivity contribution in [2.24, 2.45) is 5.73 Å².